The minimum Gasteiger partial charge on any atom is -0.369 e. The van der Waals surface area contributed by atoms with Gasteiger partial charge in [0.2, 0.25) is 5.91 Å². The molecule has 1 amide bonds. The first kappa shape index (κ1) is 12.5. The van der Waals surface area contributed by atoms with E-state index in [0.29, 0.717) is 11.5 Å². The van der Waals surface area contributed by atoms with Crippen LogP contribution >= 0.6 is 0 Å². The Balaban J connectivity index is 2.46. The van der Waals surface area contributed by atoms with Crippen molar-refractivity contribution < 1.29 is 4.79 Å². The molecule has 2 atom stereocenters. The highest BCUT2D eigenvalue weighted by atomic mass is 16.1. The molecule has 2 unspecified atom stereocenters. The fourth-order valence-corrected chi connectivity index (χ4v) is 2.19. The van der Waals surface area contributed by atoms with Gasteiger partial charge >= 0.3 is 0 Å². The van der Waals surface area contributed by atoms with E-state index < -0.39 is 0 Å². The first-order chi connectivity index (χ1) is 6.90. The lowest BCUT2D eigenvalue weighted by molar-refractivity contribution is -0.123. The van der Waals surface area contributed by atoms with Crippen LogP contribution in [0.5, 0.6) is 0 Å². The molecule has 1 aliphatic heterocycles. The maximum absolute atomic E-state index is 11.3. The van der Waals surface area contributed by atoms with E-state index in [9.17, 15) is 4.79 Å². The van der Waals surface area contributed by atoms with Gasteiger partial charge in [0.25, 0.3) is 0 Å². The van der Waals surface area contributed by atoms with Crippen molar-refractivity contribution in [2.75, 3.05) is 6.54 Å². The van der Waals surface area contributed by atoms with Crippen LogP contribution in [0.3, 0.4) is 0 Å². The quantitative estimate of drug-likeness (QED) is 0.747. The molecule has 0 bridgehead atoms. The van der Waals surface area contributed by atoms with Crippen molar-refractivity contribution in [1.82, 2.24) is 5.32 Å². The van der Waals surface area contributed by atoms with Crippen LogP contribution in [0.2, 0.25) is 0 Å². The minimum absolute atomic E-state index is 0.0427. The number of primary amides is 1. The molecule has 15 heavy (non-hydrogen) atoms. The van der Waals surface area contributed by atoms with Gasteiger partial charge < -0.3 is 11.1 Å². The predicted octanol–water partition coefficient (Wildman–Crippen LogP) is 1.67. The van der Waals surface area contributed by atoms with Gasteiger partial charge in [-0.25, -0.2) is 0 Å². The number of rotatable bonds is 3. The third-order valence-electron chi connectivity index (χ3n) is 3.15. The second kappa shape index (κ2) is 4.97. The van der Waals surface area contributed by atoms with Crippen LogP contribution in [0, 0.1) is 11.3 Å². The van der Waals surface area contributed by atoms with Gasteiger partial charge in [-0.3, -0.25) is 4.79 Å². The molecular formula is C12H24N2O. The molecule has 0 aliphatic carbocycles. The number of amides is 1. The van der Waals surface area contributed by atoms with Gasteiger partial charge in [0.1, 0.15) is 0 Å². The highest BCUT2D eigenvalue weighted by molar-refractivity contribution is 5.77. The number of hydrogen-bond donors (Lipinski definition) is 2. The van der Waals surface area contributed by atoms with Crippen molar-refractivity contribution in [3.05, 3.63) is 0 Å². The van der Waals surface area contributed by atoms with Crippen molar-refractivity contribution in [3.8, 4) is 0 Å². The lowest BCUT2D eigenvalue weighted by atomic mass is 9.82. The summed E-state index contributed by atoms with van der Waals surface area (Å²) in [6.07, 6.45) is 4.21. The molecule has 1 fully saturated rings. The molecule has 3 heteroatoms. The summed E-state index contributed by atoms with van der Waals surface area (Å²) in [5, 5.41) is 3.42. The number of hydrogen-bond acceptors (Lipinski definition) is 2. The first-order valence-corrected chi connectivity index (χ1v) is 5.93. The molecule has 1 heterocycles. The summed E-state index contributed by atoms with van der Waals surface area (Å²) in [6.45, 7) is 7.72. The average Bonchev–Trinajstić information content (AvgIpc) is 2.14. The zero-order valence-corrected chi connectivity index (χ0v) is 10.2. The standard InChI is InChI=1S/C12H24N2O/c1-12(2,3)7-6-10-9(11(13)15)5-4-8-14-10/h9-10,14H,4-8H2,1-3H3,(H2,13,15). The Morgan fingerprint density at radius 3 is 2.67 bits per heavy atom. The Morgan fingerprint density at radius 1 is 1.47 bits per heavy atom. The molecule has 0 aromatic rings. The van der Waals surface area contributed by atoms with Gasteiger partial charge in [-0.05, 0) is 37.6 Å². The smallest absolute Gasteiger partial charge is 0.222 e. The Labute approximate surface area is 92.8 Å². The van der Waals surface area contributed by atoms with Crippen LogP contribution in [0.4, 0.5) is 0 Å². The normalized spacial score (nSPS) is 27.7. The van der Waals surface area contributed by atoms with E-state index in [-0.39, 0.29) is 11.8 Å². The van der Waals surface area contributed by atoms with Gasteiger partial charge in [0, 0.05) is 6.04 Å². The number of nitrogens with one attached hydrogen (secondary N) is 1. The number of carbonyl (C=O) groups excluding carboxylic acids is 1. The monoisotopic (exact) mass is 212 g/mol. The summed E-state index contributed by atoms with van der Waals surface area (Å²) in [5.41, 5.74) is 5.75. The Bertz CT molecular complexity index is 220. The fraction of sp³-hybridized carbons (Fsp3) is 0.917. The third kappa shape index (κ3) is 4.20. The maximum Gasteiger partial charge on any atom is 0.222 e. The minimum atomic E-state index is -0.138. The highest BCUT2D eigenvalue weighted by Crippen LogP contribution is 2.26. The van der Waals surface area contributed by atoms with Crippen molar-refractivity contribution in [1.29, 1.82) is 0 Å². The van der Waals surface area contributed by atoms with Gasteiger partial charge in [0.15, 0.2) is 0 Å². The molecule has 0 radical (unpaired) electrons. The molecule has 3 N–H and O–H groups in total. The molecule has 88 valence electrons. The molecule has 0 aromatic carbocycles. The number of piperidine rings is 1. The van der Waals surface area contributed by atoms with Crippen LogP contribution in [0.15, 0.2) is 0 Å². The maximum atomic E-state index is 11.3. The molecule has 1 saturated heterocycles. The summed E-state index contributed by atoms with van der Waals surface area (Å²) in [5.74, 6) is -0.0952. The van der Waals surface area contributed by atoms with Gasteiger partial charge in [0.05, 0.1) is 5.92 Å². The van der Waals surface area contributed by atoms with Crippen molar-refractivity contribution in [3.63, 3.8) is 0 Å². The van der Waals surface area contributed by atoms with E-state index in [1.165, 1.54) is 0 Å². The zero-order chi connectivity index (χ0) is 11.5. The Kier molecular flexibility index (Phi) is 4.14. The SMILES string of the molecule is CC(C)(C)CCC1NCCCC1C(N)=O. The van der Waals surface area contributed by atoms with Crippen molar-refractivity contribution in [2.24, 2.45) is 17.1 Å². The number of nitrogens with two attached hydrogens (primary N) is 1. The van der Waals surface area contributed by atoms with Gasteiger partial charge in [-0.2, -0.15) is 0 Å². The molecule has 0 saturated carbocycles. The van der Waals surface area contributed by atoms with Crippen molar-refractivity contribution >= 4 is 5.91 Å². The Hall–Kier alpha value is -0.570. The summed E-state index contributed by atoms with van der Waals surface area (Å²) in [4.78, 5) is 11.3. The molecule has 0 spiro atoms. The first-order valence-electron chi connectivity index (χ1n) is 5.93. The van der Waals surface area contributed by atoms with Crippen LogP contribution in [0.1, 0.15) is 46.5 Å². The van der Waals surface area contributed by atoms with E-state index >= 15 is 0 Å². The van der Waals surface area contributed by atoms with E-state index in [1.54, 1.807) is 0 Å². The fourth-order valence-electron chi connectivity index (χ4n) is 2.19. The topological polar surface area (TPSA) is 55.1 Å². The summed E-state index contributed by atoms with van der Waals surface area (Å²) in [6, 6.07) is 0.301. The lowest BCUT2D eigenvalue weighted by Crippen LogP contribution is -2.47. The third-order valence-corrected chi connectivity index (χ3v) is 3.15. The molecule has 1 rings (SSSR count). The van der Waals surface area contributed by atoms with E-state index in [2.05, 4.69) is 26.1 Å². The van der Waals surface area contributed by atoms with Crippen LogP contribution < -0.4 is 11.1 Å². The average molecular weight is 212 g/mol. The Morgan fingerprint density at radius 2 is 2.13 bits per heavy atom. The molecule has 3 nitrogen and oxygen atoms in total. The summed E-state index contributed by atoms with van der Waals surface area (Å²) < 4.78 is 0. The largest absolute Gasteiger partial charge is 0.369 e. The molecular weight excluding hydrogens is 188 g/mol. The summed E-state index contributed by atoms with van der Waals surface area (Å²) >= 11 is 0. The second-order valence-corrected chi connectivity index (χ2v) is 5.81. The van der Waals surface area contributed by atoms with Gasteiger partial charge in [-0.15, -0.1) is 0 Å². The van der Waals surface area contributed by atoms with E-state index in [1.807, 2.05) is 0 Å². The predicted molar refractivity (Wildman–Crippen MR) is 62.4 cm³/mol. The second-order valence-electron chi connectivity index (χ2n) is 5.81. The van der Waals surface area contributed by atoms with Crippen LogP contribution in [-0.4, -0.2) is 18.5 Å². The number of carbonyl (C=O) groups is 1. The highest BCUT2D eigenvalue weighted by Gasteiger charge is 2.29. The van der Waals surface area contributed by atoms with Crippen molar-refractivity contribution in [2.45, 2.75) is 52.5 Å². The molecule has 0 aromatic heterocycles. The van der Waals surface area contributed by atoms with Crippen LogP contribution in [-0.2, 0) is 4.79 Å². The van der Waals surface area contributed by atoms with E-state index in [4.69, 9.17) is 5.73 Å². The van der Waals surface area contributed by atoms with Gasteiger partial charge in [-0.1, -0.05) is 20.8 Å². The summed E-state index contributed by atoms with van der Waals surface area (Å²) in [7, 11) is 0. The lowest BCUT2D eigenvalue weighted by Gasteiger charge is -2.32. The molecule has 1 aliphatic rings. The van der Waals surface area contributed by atoms with Crippen LogP contribution in [0.25, 0.3) is 0 Å². The van der Waals surface area contributed by atoms with E-state index in [0.717, 1.165) is 32.2 Å². The zero-order valence-electron chi connectivity index (χ0n) is 10.2.